The number of hydrogen-bond acceptors (Lipinski definition) is 6. The summed E-state index contributed by atoms with van der Waals surface area (Å²) >= 11 is 0. The summed E-state index contributed by atoms with van der Waals surface area (Å²) in [6.45, 7) is 4.30. The Morgan fingerprint density at radius 2 is 1.74 bits per heavy atom. The lowest BCUT2D eigenvalue weighted by Gasteiger charge is -2.34. The molecule has 38 heavy (non-hydrogen) atoms. The van der Waals surface area contributed by atoms with Gasteiger partial charge in [0.15, 0.2) is 11.4 Å². The number of rotatable bonds is 6. The number of H-pyrrole nitrogens is 2. The van der Waals surface area contributed by atoms with E-state index in [4.69, 9.17) is 4.42 Å². The number of carbonyl (C=O) groups excluding carboxylic acids is 2. The Morgan fingerprint density at radius 3 is 2.42 bits per heavy atom. The number of benzene rings is 2. The number of piperazine rings is 1. The second kappa shape index (κ2) is 9.93. The lowest BCUT2D eigenvalue weighted by atomic mass is 10.1. The number of oxazole rings is 1. The molecule has 2 aromatic carbocycles. The molecule has 0 saturated carbocycles. The van der Waals surface area contributed by atoms with Crippen LogP contribution in [0.4, 0.5) is 13.2 Å². The van der Waals surface area contributed by atoms with Crippen molar-refractivity contribution < 1.29 is 27.2 Å². The van der Waals surface area contributed by atoms with Crippen LogP contribution in [0.1, 0.15) is 38.5 Å². The fourth-order valence-electron chi connectivity index (χ4n) is 4.47. The number of nitrogens with zero attached hydrogens (tertiary/aromatic N) is 3. The van der Waals surface area contributed by atoms with E-state index < -0.39 is 17.5 Å². The van der Waals surface area contributed by atoms with Crippen LogP contribution in [0.2, 0.25) is 0 Å². The van der Waals surface area contributed by atoms with Gasteiger partial charge in [-0.15, -0.1) is 0 Å². The van der Waals surface area contributed by atoms with E-state index in [2.05, 4.69) is 19.9 Å². The molecule has 1 aliphatic rings. The molecule has 2 aromatic heterocycles. The molecule has 198 valence electrons. The molecule has 12 heteroatoms. The zero-order chi connectivity index (χ0) is 27.0. The molecule has 0 atom stereocenters. The first-order chi connectivity index (χ1) is 18.1. The average molecular weight is 528 g/mol. The number of aromatic nitrogens is 3. The van der Waals surface area contributed by atoms with Crippen LogP contribution in [0.25, 0.3) is 22.5 Å². The van der Waals surface area contributed by atoms with Crippen LogP contribution in [0.5, 0.6) is 0 Å². The summed E-state index contributed by atoms with van der Waals surface area (Å²) in [5, 5.41) is 0. The molecule has 2 N–H and O–H groups in total. The van der Waals surface area contributed by atoms with E-state index in [0.717, 1.165) is 12.1 Å². The standard InChI is InChI=1S/C26H24F3N5O4/c1-15-22(32-23(30-15)16-2-5-18(6-3-16)26(27,28)29)24(36)34-12-10-33(11-13-34)9-8-20(35)17-4-7-19-21(14-17)38-25(37)31-19/h2-7,14H,8-13H2,1H3,(H,30,32)(H,31,37). The summed E-state index contributed by atoms with van der Waals surface area (Å²) < 4.78 is 43.5. The third-order valence-corrected chi connectivity index (χ3v) is 6.63. The molecular formula is C26H24F3N5O4. The quantitative estimate of drug-likeness (QED) is 0.368. The van der Waals surface area contributed by atoms with Gasteiger partial charge in [-0.2, -0.15) is 13.2 Å². The highest BCUT2D eigenvalue weighted by molar-refractivity contribution is 5.98. The molecule has 5 rings (SSSR count). The van der Waals surface area contributed by atoms with E-state index in [-0.39, 0.29) is 23.8 Å². The SMILES string of the molecule is Cc1[nH]c(-c2ccc(C(F)(F)F)cc2)nc1C(=O)N1CCN(CCC(=O)c2ccc3[nH]c(=O)oc3c2)CC1. The normalized spacial score (nSPS) is 14.8. The Bertz CT molecular complexity index is 1540. The number of amides is 1. The highest BCUT2D eigenvalue weighted by Gasteiger charge is 2.30. The van der Waals surface area contributed by atoms with E-state index >= 15 is 0 Å². The summed E-state index contributed by atoms with van der Waals surface area (Å²) in [5.41, 5.74) is 1.80. The van der Waals surface area contributed by atoms with E-state index in [1.54, 1.807) is 30.0 Å². The summed E-state index contributed by atoms with van der Waals surface area (Å²) in [7, 11) is 0. The van der Waals surface area contributed by atoms with Crippen LogP contribution < -0.4 is 5.76 Å². The van der Waals surface area contributed by atoms with Gasteiger partial charge in [-0.05, 0) is 37.3 Å². The maximum absolute atomic E-state index is 13.1. The number of aromatic amines is 2. The molecule has 0 radical (unpaired) electrons. The Hall–Kier alpha value is -4.19. The molecule has 0 spiro atoms. The van der Waals surface area contributed by atoms with Crippen LogP contribution in [-0.2, 0) is 6.18 Å². The van der Waals surface area contributed by atoms with Gasteiger partial charge in [0, 0.05) is 56.0 Å². The summed E-state index contributed by atoms with van der Waals surface area (Å²) in [6, 6.07) is 9.44. The van der Waals surface area contributed by atoms with Gasteiger partial charge in [0.05, 0.1) is 11.1 Å². The number of nitrogens with one attached hydrogen (secondary N) is 2. The molecule has 0 aliphatic carbocycles. The van der Waals surface area contributed by atoms with E-state index in [1.165, 1.54) is 12.1 Å². The number of carbonyl (C=O) groups is 2. The third kappa shape index (κ3) is 5.25. The fourth-order valence-corrected chi connectivity index (χ4v) is 4.47. The lowest BCUT2D eigenvalue weighted by molar-refractivity contribution is -0.137. The van der Waals surface area contributed by atoms with Crippen molar-refractivity contribution in [3.8, 4) is 11.4 Å². The second-order valence-electron chi connectivity index (χ2n) is 9.17. The number of aryl methyl sites for hydroxylation is 1. The highest BCUT2D eigenvalue weighted by atomic mass is 19.4. The van der Waals surface area contributed by atoms with Gasteiger partial charge in [-0.1, -0.05) is 12.1 Å². The number of ketones is 1. The van der Waals surface area contributed by atoms with Crippen molar-refractivity contribution in [3.05, 3.63) is 75.5 Å². The van der Waals surface area contributed by atoms with Crippen LogP contribution in [0.15, 0.2) is 51.7 Å². The lowest BCUT2D eigenvalue weighted by Crippen LogP contribution is -2.49. The maximum Gasteiger partial charge on any atom is 0.417 e. The van der Waals surface area contributed by atoms with Crippen molar-refractivity contribution in [2.45, 2.75) is 19.5 Å². The van der Waals surface area contributed by atoms with E-state index in [1.807, 2.05) is 0 Å². The van der Waals surface area contributed by atoms with Crippen molar-refractivity contribution in [3.63, 3.8) is 0 Å². The smallest absolute Gasteiger partial charge is 0.408 e. The third-order valence-electron chi connectivity index (χ3n) is 6.63. The van der Waals surface area contributed by atoms with Crippen molar-refractivity contribution in [2.24, 2.45) is 0 Å². The number of imidazole rings is 1. The summed E-state index contributed by atoms with van der Waals surface area (Å²) in [4.78, 5) is 50.7. The minimum absolute atomic E-state index is 0.0720. The zero-order valence-corrected chi connectivity index (χ0v) is 20.4. The zero-order valence-electron chi connectivity index (χ0n) is 20.4. The maximum atomic E-state index is 13.1. The largest absolute Gasteiger partial charge is 0.417 e. The molecule has 0 bridgehead atoms. The van der Waals surface area contributed by atoms with Gasteiger partial charge < -0.3 is 14.3 Å². The van der Waals surface area contributed by atoms with Crippen LogP contribution >= 0.6 is 0 Å². The second-order valence-corrected chi connectivity index (χ2v) is 9.17. The predicted molar refractivity (Wildman–Crippen MR) is 132 cm³/mol. The summed E-state index contributed by atoms with van der Waals surface area (Å²) in [5.74, 6) is -0.571. The number of Topliss-reactive ketones (excluding diaryl/α,β-unsaturated/α-hetero) is 1. The fraction of sp³-hybridized carbons (Fsp3) is 0.308. The Morgan fingerprint density at radius 1 is 1.03 bits per heavy atom. The van der Waals surface area contributed by atoms with Crippen molar-refractivity contribution >= 4 is 22.8 Å². The molecule has 1 saturated heterocycles. The van der Waals surface area contributed by atoms with Crippen LogP contribution in [0, 0.1) is 6.92 Å². The van der Waals surface area contributed by atoms with Gasteiger partial charge in [0.2, 0.25) is 0 Å². The molecule has 1 fully saturated rings. The van der Waals surface area contributed by atoms with Gasteiger partial charge in [-0.3, -0.25) is 19.5 Å². The van der Waals surface area contributed by atoms with Gasteiger partial charge in [-0.25, -0.2) is 9.78 Å². The van der Waals surface area contributed by atoms with E-state index in [9.17, 15) is 27.6 Å². The first-order valence-electron chi connectivity index (χ1n) is 12.0. The molecule has 1 amide bonds. The van der Waals surface area contributed by atoms with Crippen LogP contribution in [-0.4, -0.2) is 69.2 Å². The molecule has 3 heterocycles. The van der Waals surface area contributed by atoms with Crippen molar-refractivity contribution in [1.29, 1.82) is 0 Å². The van der Waals surface area contributed by atoms with Gasteiger partial charge >= 0.3 is 11.9 Å². The molecule has 9 nitrogen and oxygen atoms in total. The Balaban J connectivity index is 1.16. The van der Waals surface area contributed by atoms with Crippen molar-refractivity contribution in [1.82, 2.24) is 24.8 Å². The number of fused-ring (bicyclic) bond motifs is 1. The highest BCUT2D eigenvalue weighted by Crippen LogP contribution is 2.30. The Kier molecular flexibility index (Phi) is 6.66. The molecule has 1 aliphatic heterocycles. The number of halogens is 3. The van der Waals surface area contributed by atoms with E-state index in [0.29, 0.717) is 66.5 Å². The monoisotopic (exact) mass is 527 g/mol. The average Bonchev–Trinajstić information content (AvgIpc) is 3.47. The number of alkyl halides is 3. The first-order valence-corrected chi connectivity index (χ1v) is 12.0. The topological polar surface area (TPSA) is 115 Å². The Labute approximate surface area is 214 Å². The predicted octanol–water partition coefficient (Wildman–Crippen LogP) is 3.87. The van der Waals surface area contributed by atoms with Crippen LogP contribution in [0.3, 0.4) is 0 Å². The summed E-state index contributed by atoms with van der Waals surface area (Å²) in [6.07, 6.45) is -4.15. The molecule has 4 aromatic rings. The molecular weight excluding hydrogens is 503 g/mol. The van der Waals surface area contributed by atoms with Crippen molar-refractivity contribution in [2.75, 3.05) is 32.7 Å². The first kappa shape index (κ1) is 25.5. The molecule has 0 unspecified atom stereocenters. The van der Waals surface area contributed by atoms with Gasteiger partial charge in [0.25, 0.3) is 5.91 Å². The van der Waals surface area contributed by atoms with Gasteiger partial charge in [0.1, 0.15) is 11.5 Å². The minimum atomic E-state index is -4.43. The number of hydrogen-bond donors (Lipinski definition) is 2. The minimum Gasteiger partial charge on any atom is -0.408 e.